The van der Waals surface area contributed by atoms with Gasteiger partial charge in [-0.25, -0.2) is 4.98 Å². The Bertz CT molecular complexity index is 1360. The lowest BCUT2D eigenvalue weighted by molar-refractivity contribution is 0.0943. The fourth-order valence-electron chi connectivity index (χ4n) is 3.66. The van der Waals surface area contributed by atoms with Gasteiger partial charge in [-0.05, 0) is 29.8 Å². The van der Waals surface area contributed by atoms with Crippen molar-refractivity contribution in [2.24, 2.45) is 0 Å². The minimum absolute atomic E-state index is 0.0614. The highest BCUT2D eigenvalue weighted by Crippen LogP contribution is 2.34. The molecule has 0 aliphatic rings. The maximum atomic E-state index is 13.1. The Balaban J connectivity index is 1.57. The number of rotatable bonds is 4. The number of phenols is 1. The fourth-order valence-corrected chi connectivity index (χ4v) is 3.66. The maximum Gasteiger partial charge on any atom is 0.252 e. The number of aromatic nitrogens is 3. The van der Waals surface area contributed by atoms with Crippen LogP contribution in [0.25, 0.3) is 21.9 Å². The molecule has 0 saturated heterocycles. The van der Waals surface area contributed by atoms with Crippen molar-refractivity contribution in [2.75, 3.05) is 0 Å². The summed E-state index contributed by atoms with van der Waals surface area (Å²) in [5.41, 5.74) is 4.04. The van der Waals surface area contributed by atoms with Gasteiger partial charge < -0.3 is 15.4 Å². The number of pyridine rings is 1. The summed E-state index contributed by atoms with van der Waals surface area (Å²) in [5, 5.41) is 14.9. The lowest BCUT2D eigenvalue weighted by Gasteiger charge is -2.21. The second-order valence-electron chi connectivity index (χ2n) is 7.03. The third kappa shape index (κ3) is 3.14. The average Bonchev–Trinajstić information content (AvgIpc) is 3.27. The van der Waals surface area contributed by atoms with Crippen molar-refractivity contribution in [3.05, 3.63) is 102 Å². The van der Waals surface area contributed by atoms with E-state index >= 15 is 0 Å². The third-order valence-electron chi connectivity index (χ3n) is 5.18. The number of imidazole rings is 1. The van der Waals surface area contributed by atoms with Crippen LogP contribution in [0.3, 0.4) is 0 Å². The van der Waals surface area contributed by atoms with E-state index in [0.717, 1.165) is 22.0 Å². The van der Waals surface area contributed by atoms with Crippen LogP contribution in [-0.4, -0.2) is 26.0 Å². The largest absolute Gasteiger partial charge is 0.505 e. The molecule has 1 unspecified atom stereocenters. The molecule has 6 nitrogen and oxygen atoms in total. The molecule has 1 atom stereocenters. The van der Waals surface area contributed by atoms with Crippen molar-refractivity contribution in [1.29, 1.82) is 0 Å². The molecular formula is C24H18N4O2. The van der Waals surface area contributed by atoms with Gasteiger partial charge in [-0.2, -0.15) is 0 Å². The number of carbonyl (C=O) groups excluding carboxylic acids is 1. The molecule has 3 N–H and O–H groups in total. The standard InChI is InChI=1S/C24H18N4O2/c29-23-18(10-8-16-7-4-12-25-22(16)23)21(15-5-2-1-3-6-15)28-24(30)17-9-11-19-20(13-17)27-14-26-19/h1-14,21,29H,(H,26,27)(H,28,30). The minimum Gasteiger partial charge on any atom is -0.505 e. The number of fused-ring (bicyclic) bond motifs is 2. The number of amides is 1. The van der Waals surface area contributed by atoms with E-state index in [2.05, 4.69) is 20.3 Å². The highest BCUT2D eigenvalue weighted by atomic mass is 16.3. The summed E-state index contributed by atoms with van der Waals surface area (Å²) in [6.07, 6.45) is 3.24. The van der Waals surface area contributed by atoms with Gasteiger partial charge in [0.15, 0.2) is 0 Å². The average molecular weight is 394 g/mol. The summed E-state index contributed by atoms with van der Waals surface area (Å²) in [6.45, 7) is 0. The minimum atomic E-state index is -0.539. The summed E-state index contributed by atoms with van der Waals surface area (Å²) >= 11 is 0. The Hall–Kier alpha value is -4.19. The molecule has 2 heterocycles. The second-order valence-corrected chi connectivity index (χ2v) is 7.03. The molecule has 3 aromatic carbocycles. The number of phenolic OH excluding ortho intramolecular Hbond substituents is 1. The number of hydrogen-bond donors (Lipinski definition) is 3. The number of nitrogens with one attached hydrogen (secondary N) is 2. The van der Waals surface area contributed by atoms with E-state index in [1.165, 1.54) is 0 Å². The number of hydrogen-bond acceptors (Lipinski definition) is 4. The van der Waals surface area contributed by atoms with Crippen LogP contribution in [0, 0.1) is 0 Å². The van der Waals surface area contributed by atoms with E-state index in [1.54, 1.807) is 30.7 Å². The van der Waals surface area contributed by atoms with Crippen LogP contribution in [0.4, 0.5) is 0 Å². The summed E-state index contributed by atoms with van der Waals surface area (Å²) in [5.74, 6) is -0.188. The van der Waals surface area contributed by atoms with Crippen LogP contribution in [0.1, 0.15) is 27.5 Å². The molecule has 0 aliphatic heterocycles. The third-order valence-corrected chi connectivity index (χ3v) is 5.18. The van der Waals surface area contributed by atoms with Crippen molar-refractivity contribution in [2.45, 2.75) is 6.04 Å². The Morgan fingerprint density at radius 1 is 0.967 bits per heavy atom. The van der Waals surface area contributed by atoms with Crippen molar-refractivity contribution < 1.29 is 9.90 Å². The molecule has 0 fully saturated rings. The lowest BCUT2D eigenvalue weighted by Crippen LogP contribution is -2.29. The first-order valence-corrected chi connectivity index (χ1v) is 9.56. The number of carbonyl (C=O) groups is 1. The molecule has 0 saturated carbocycles. The van der Waals surface area contributed by atoms with Gasteiger partial charge in [0, 0.05) is 22.7 Å². The zero-order valence-electron chi connectivity index (χ0n) is 15.9. The van der Waals surface area contributed by atoms with Gasteiger partial charge in [0.05, 0.1) is 23.4 Å². The van der Waals surface area contributed by atoms with E-state index in [4.69, 9.17) is 0 Å². The molecule has 30 heavy (non-hydrogen) atoms. The van der Waals surface area contributed by atoms with E-state index in [-0.39, 0.29) is 11.7 Å². The Morgan fingerprint density at radius 3 is 2.70 bits per heavy atom. The molecule has 0 bridgehead atoms. The van der Waals surface area contributed by atoms with Crippen LogP contribution in [0.2, 0.25) is 0 Å². The fraction of sp³-hybridized carbons (Fsp3) is 0.0417. The molecule has 5 aromatic rings. The summed E-state index contributed by atoms with van der Waals surface area (Å²) < 4.78 is 0. The first kappa shape index (κ1) is 17.9. The highest BCUT2D eigenvalue weighted by Gasteiger charge is 2.22. The number of H-pyrrole nitrogens is 1. The predicted molar refractivity (Wildman–Crippen MR) is 115 cm³/mol. The van der Waals surface area contributed by atoms with Gasteiger partial charge in [0.25, 0.3) is 5.91 Å². The van der Waals surface area contributed by atoms with Crippen molar-refractivity contribution in [3.63, 3.8) is 0 Å². The highest BCUT2D eigenvalue weighted by molar-refractivity contribution is 5.98. The Labute approximate surface area is 172 Å². The van der Waals surface area contributed by atoms with Crippen molar-refractivity contribution in [1.82, 2.24) is 20.3 Å². The molecule has 6 heteroatoms. The van der Waals surface area contributed by atoms with Crippen LogP contribution >= 0.6 is 0 Å². The van der Waals surface area contributed by atoms with Crippen molar-refractivity contribution >= 4 is 27.8 Å². The van der Waals surface area contributed by atoms with Gasteiger partial charge in [-0.1, -0.05) is 48.5 Å². The predicted octanol–water partition coefficient (Wildman–Crippen LogP) is 4.34. The van der Waals surface area contributed by atoms with E-state index < -0.39 is 6.04 Å². The zero-order valence-corrected chi connectivity index (χ0v) is 15.9. The number of aromatic hydroxyl groups is 1. The normalized spacial score (nSPS) is 12.1. The van der Waals surface area contributed by atoms with Gasteiger partial charge in [-0.15, -0.1) is 0 Å². The molecule has 0 aliphatic carbocycles. The first-order valence-electron chi connectivity index (χ1n) is 9.56. The lowest BCUT2D eigenvalue weighted by atomic mass is 9.96. The van der Waals surface area contributed by atoms with Gasteiger partial charge in [0.1, 0.15) is 11.3 Å². The van der Waals surface area contributed by atoms with Crippen LogP contribution < -0.4 is 5.32 Å². The van der Waals surface area contributed by atoms with E-state index in [1.807, 2.05) is 54.6 Å². The summed E-state index contributed by atoms with van der Waals surface area (Å²) in [4.78, 5) is 24.6. The van der Waals surface area contributed by atoms with Gasteiger partial charge in [0.2, 0.25) is 0 Å². The maximum absolute atomic E-state index is 13.1. The topological polar surface area (TPSA) is 90.9 Å². The van der Waals surface area contributed by atoms with Gasteiger partial charge >= 0.3 is 0 Å². The summed E-state index contributed by atoms with van der Waals surface area (Å²) in [7, 11) is 0. The number of nitrogens with zero attached hydrogens (tertiary/aromatic N) is 2. The SMILES string of the molecule is O=C(NC(c1ccccc1)c1ccc2cccnc2c1O)c1ccc2nc[nH]c2c1. The van der Waals surface area contributed by atoms with Crippen molar-refractivity contribution in [3.8, 4) is 5.75 Å². The summed E-state index contributed by atoms with van der Waals surface area (Å²) in [6, 6.07) is 21.8. The molecule has 146 valence electrons. The molecule has 0 spiro atoms. The zero-order chi connectivity index (χ0) is 20.5. The number of aromatic amines is 1. The monoisotopic (exact) mass is 394 g/mol. The Kier molecular flexibility index (Phi) is 4.37. The smallest absolute Gasteiger partial charge is 0.252 e. The molecule has 5 rings (SSSR count). The van der Waals surface area contributed by atoms with E-state index in [9.17, 15) is 9.90 Å². The molecule has 2 aromatic heterocycles. The second kappa shape index (κ2) is 7.33. The quantitative estimate of drug-likeness (QED) is 0.423. The molecular weight excluding hydrogens is 376 g/mol. The van der Waals surface area contributed by atoms with E-state index in [0.29, 0.717) is 16.6 Å². The molecule has 1 amide bonds. The molecule has 0 radical (unpaired) electrons. The van der Waals surface area contributed by atoms with Crippen LogP contribution in [0.15, 0.2) is 85.3 Å². The number of benzene rings is 3. The Morgan fingerprint density at radius 2 is 1.83 bits per heavy atom. The van der Waals surface area contributed by atoms with Crippen LogP contribution in [0.5, 0.6) is 5.75 Å². The van der Waals surface area contributed by atoms with Crippen LogP contribution in [-0.2, 0) is 0 Å². The first-order chi connectivity index (χ1) is 14.7. The van der Waals surface area contributed by atoms with Gasteiger partial charge in [-0.3, -0.25) is 9.78 Å².